The van der Waals surface area contributed by atoms with Crippen molar-refractivity contribution >= 4 is 54.3 Å². The first kappa shape index (κ1) is 17.4. The lowest BCUT2D eigenvalue weighted by molar-refractivity contribution is 0.337. The molecule has 8 heteroatoms. The number of benzene rings is 2. The van der Waals surface area contributed by atoms with Gasteiger partial charge >= 0.3 is 0 Å². The molecule has 6 nitrogen and oxygen atoms in total. The Hall–Kier alpha value is -2.06. The average molecular weight is 476 g/mol. The van der Waals surface area contributed by atoms with E-state index in [1.165, 1.54) is 0 Å². The summed E-state index contributed by atoms with van der Waals surface area (Å²) in [6.45, 7) is 1.90. The molecule has 2 aromatic carbocycles. The van der Waals surface area contributed by atoms with Gasteiger partial charge in [0.2, 0.25) is 0 Å². The van der Waals surface area contributed by atoms with Crippen LogP contribution in [0.5, 0.6) is 0 Å². The number of halogens is 2. The molecule has 1 aliphatic rings. The van der Waals surface area contributed by atoms with Gasteiger partial charge in [0.05, 0.1) is 11.2 Å². The fourth-order valence-corrected chi connectivity index (χ4v) is 3.64. The van der Waals surface area contributed by atoms with E-state index in [1.54, 1.807) is 0 Å². The number of nitrogens with zero attached hydrogens (tertiary/aromatic N) is 5. The number of anilines is 1. The van der Waals surface area contributed by atoms with Crippen LogP contribution in [0, 0.1) is 0 Å². The van der Waals surface area contributed by atoms with Crippen LogP contribution in [0.15, 0.2) is 55.7 Å². The van der Waals surface area contributed by atoms with Gasteiger partial charge in [-0.2, -0.15) is 0 Å². The molecule has 1 fully saturated rings. The van der Waals surface area contributed by atoms with Gasteiger partial charge in [-0.15, -0.1) is 5.11 Å². The highest BCUT2D eigenvalue weighted by Crippen LogP contribution is 2.34. The molecular formula is C18H16Br2N6. The van der Waals surface area contributed by atoms with Crippen molar-refractivity contribution in [2.45, 2.75) is 12.8 Å². The zero-order valence-corrected chi connectivity index (χ0v) is 17.0. The van der Waals surface area contributed by atoms with Crippen LogP contribution in [0.4, 0.5) is 11.5 Å². The van der Waals surface area contributed by atoms with Gasteiger partial charge in [-0.3, -0.25) is 5.01 Å². The normalized spacial score (nSPS) is 14.6. The lowest BCUT2D eigenvalue weighted by atomic mass is 10.1. The highest BCUT2D eigenvalue weighted by Gasteiger charge is 2.14. The summed E-state index contributed by atoms with van der Waals surface area (Å²) in [5.74, 6) is 0.975. The van der Waals surface area contributed by atoms with Crippen molar-refractivity contribution in [2.75, 3.05) is 18.8 Å². The summed E-state index contributed by atoms with van der Waals surface area (Å²) in [7, 11) is 0. The smallest absolute Gasteiger partial charge is 0.164 e. The third kappa shape index (κ3) is 3.57. The van der Waals surface area contributed by atoms with Gasteiger partial charge in [0.1, 0.15) is 5.82 Å². The predicted molar refractivity (Wildman–Crippen MR) is 110 cm³/mol. The first-order valence-electron chi connectivity index (χ1n) is 8.29. The van der Waals surface area contributed by atoms with Crippen LogP contribution in [-0.2, 0) is 0 Å². The zero-order valence-electron chi connectivity index (χ0n) is 13.9. The topological polar surface area (TPSA) is 79.8 Å². The van der Waals surface area contributed by atoms with Crippen molar-refractivity contribution in [3.05, 3.63) is 45.3 Å². The molecule has 1 aliphatic heterocycles. The Labute approximate surface area is 167 Å². The summed E-state index contributed by atoms with van der Waals surface area (Å²) < 4.78 is 1.86. The number of fused-ring (bicyclic) bond motifs is 1. The van der Waals surface area contributed by atoms with Crippen LogP contribution < -0.4 is 5.73 Å². The summed E-state index contributed by atoms with van der Waals surface area (Å²) in [5, 5.41) is 11.6. The molecule has 2 heterocycles. The van der Waals surface area contributed by atoms with Crippen LogP contribution in [0.2, 0.25) is 0 Å². The third-order valence-electron chi connectivity index (χ3n) is 4.25. The van der Waals surface area contributed by atoms with Gasteiger partial charge in [-0.25, -0.2) is 9.97 Å². The maximum absolute atomic E-state index is 6.18. The SMILES string of the molecule is Nc1nc(-c2cc(Br)ccc2N=NN2CCCC2)nc2ccc(Br)cc12. The molecule has 0 unspecified atom stereocenters. The Bertz CT molecular complexity index is 998. The van der Waals surface area contributed by atoms with Gasteiger partial charge in [0.25, 0.3) is 0 Å². The van der Waals surface area contributed by atoms with E-state index in [0.29, 0.717) is 11.6 Å². The van der Waals surface area contributed by atoms with Crippen molar-refractivity contribution in [1.29, 1.82) is 0 Å². The molecule has 0 aliphatic carbocycles. The number of hydrogen-bond acceptors (Lipinski definition) is 5. The molecule has 3 aromatic rings. The van der Waals surface area contributed by atoms with Gasteiger partial charge in [-0.05, 0) is 49.2 Å². The molecule has 26 heavy (non-hydrogen) atoms. The fraction of sp³-hybridized carbons (Fsp3) is 0.222. The Morgan fingerprint density at radius 3 is 2.50 bits per heavy atom. The van der Waals surface area contributed by atoms with Crippen molar-refractivity contribution in [1.82, 2.24) is 15.0 Å². The predicted octanol–water partition coefficient (Wildman–Crippen LogP) is 5.50. The Morgan fingerprint density at radius 2 is 1.69 bits per heavy atom. The quantitative estimate of drug-likeness (QED) is 0.507. The molecule has 4 rings (SSSR count). The minimum absolute atomic E-state index is 0.439. The Balaban J connectivity index is 1.80. The van der Waals surface area contributed by atoms with Crippen LogP contribution in [0.3, 0.4) is 0 Å². The van der Waals surface area contributed by atoms with E-state index in [-0.39, 0.29) is 0 Å². The molecule has 0 bridgehead atoms. The Morgan fingerprint density at radius 1 is 0.962 bits per heavy atom. The number of hydrogen-bond donors (Lipinski definition) is 1. The van der Waals surface area contributed by atoms with Crippen molar-refractivity contribution < 1.29 is 0 Å². The lowest BCUT2D eigenvalue weighted by Crippen LogP contribution is -2.09. The molecule has 0 spiro atoms. The summed E-state index contributed by atoms with van der Waals surface area (Å²) >= 11 is 6.97. The maximum atomic E-state index is 6.18. The molecule has 1 saturated heterocycles. The van der Waals surface area contributed by atoms with Crippen molar-refractivity contribution in [3.8, 4) is 11.4 Å². The number of aromatic nitrogens is 2. The molecule has 0 saturated carbocycles. The van der Waals surface area contributed by atoms with Gasteiger partial charge in [0.15, 0.2) is 5.82 Å². The van der Waals surface area contributed by atoms with Crippen LogP contribution >= 0.6 is 31.9 Å². The summed E-state index contributed by atoms with van der Waals surface area (Å²) in [6.07, 6.45) is 2.32. The summed E-state index contributed by atoms with van der Waals surface area (Å²) in [4.78, 5) is 9.18. The van der Waals surface area contributed by atoms with E-state index >= 15 is 0 Å². The number of nitrogen functional groups attached to an aromatic ring is 1. The molecule has 2 N–H and O–H groups in total. The monoisotopic (exact) mass is 474 g/mol. The summed E-state index contributed by atoms with van der Waals surface area (Å²) in [6, 6.07) is 11.6. The van der Waals surface area contributed by atoms with E-state index < -0.39 is 0 Å². The second-order valence-corrected chi connectivity index (χ2v) is 7.94. The number of nitrogens with two attached hydrogens (primary N) is 1. The maximum Gasteiger partial charge on any atom is 0.164 e. The van der Waals surface area contributed by atoms with E-state index in [2.05, 4.69) is 52.2 Å². The largest absolute Gasteiger partial charge is 0.383 e. The standard InChI is InChI=1S/C18H16Br2N6/c19-11-3-5-15-13(9-11)17(21)23-18(22-15)14-10-12(20)4-6-16(14)24-25-26-7-1-2-8-26/h3-6,9-10H,1-2,7-8H2,(H2,21,22,23). The molecule has 132 valence electrons. The van der Waals surface area contributed by atoms with E-state index in [0.717, 1.165) is 57.0 Å². The highest BCUT2D eigenvalue weighted by molar-refractivity contribution is 9.10. The first-order valence-corrected chi connectivity index (χ1v) is 9.88. The van der Waals surface area contributed by atoms with Crippen molar-refractivity contribution in [3.63, 3.8) is 0 Å². The van der Waals surface area contributed by atoms with E-state index in [1.807, 2.05) is 41.4 Å². The number of rotatable bonds is 3. The summed E-state index contributed by atoms with van der Waals surface area (Å²) in [5.41, 5.74) is 8.48. The molecule has 1 aromatic heterocycles. The van der Waals surface area contributed by atoms with Gasteiger partial charge < -0.3 is 5.73 Å². The van der Waals surface area contributed by atoms with Gasteiger partial charge in [0, 0.05) is 33.0 Å². The van der Waals surface area contributed by atoms with Crippen LogP contribution in [0.1, 0.15) is 12.8 Å². The minimum atomic E-state index is 0.439. The Kier molecular flexibility index (Phi) is 4.86. The second-order valence-electron chi connectivity index (χ2n) is 6.11. The molecule has 0 atom stereocenters. The molecule has 0 amide bonds. The van der Waals surface area contributed by atoms with Crippen molar-refractivity contribution in [2.24, 2.45) is 10.3 Å². The van der Waals surface area contributed by atoms with E-state index in [9.17, 15) is 0 Å². The van der Waals surface area contributed by atoms with Gasteiger partial charge in [-0.1, -0.05) is 37.1 Å². The molecule has 0 radical (unpaired) electrons. The highest BCUT2D eigenvalue weighted by atomic mass is 79.9. The lowest BCUT2D eigenvalue weighted by Gasteiger charge is -2.10. The third-order valence-corrected chi connectivity index (χ3v) is 5.23. The fourth-order valence-electron chi connectivity index (χ4n) is 2.92. The van der Waals surface area contributed by atoms with Crippen LogP contribution in [0.25, 0.3) is 22.3 Å². The second kappa shape index (κ2) is 7.28. The van der Waals surface area contributed by atoms with E-state index in [4.69, 9.17) is 5.73 Å². The minimum Gasteiger partial charge on any atom is -0.383 e. The van der Waals surface area contributed by atoms with Crippen LogP contribution in [-0.4, -0.2) is 28.1 Å². The zero-order chi connectivity index (χ0) is 18.1. The first-order chi connectivity index (χ1) is 12.6. The average Bonchev–Trinajstić information content (AvgIpc) is 3.14. The molecular weight excluding hydrogens is 460 g/mol.